The molecule has 0 aromatic heterocycles. The zero-order valence-corrected chi connectivity index (χ0v) is 13.5. The molecular weight excluding hydrogens is 258 g/mol. The van der Waals surface area contributed by atoms with Crippen LogP contribution in [0.1, 0.15) is 46.1 Å². The van der Waals surface area contributed by atoms with Gasteiger partial charge in [-0.15, -0.1) is 0 Å². The molecule has 19 heavy (non-hydrogen) atoms. The number of rotatable bonds is 6. The molecule has 3 heteroatoms. The van der Waals surface area contributed by atoms with E-state index in [9.17, 15) is 0 Å². The van der Waals surface area contributed by atoms with Crippen LogP contribution in [0, 0.1) is 6.92 Å². The molecule has 108 valence electrons. The largest absolute Gasteiger partial charge is 0.489 e. The summed E-state index contributed by atoms with van der Waals surface area (Å²) < 4.78 is 5.90. The number of hydrogen-bond donors (Lipinski definition) is 1. The lowest BCUT2D eigenvalue weighted by Gasteiger charge is -2.21. The Labute approximate surface area is 122 Å². The predicted octanol–water partition coefficient (Wildman–Crippen LogP) is 4.58. The number of aryl methyl sites for hydroxylation is 1. The van der Waals surface area contributed by atoms with E-state index in [4.69, 9.17) is 16.3 Å². The lowest BCUT2D eigenvalue weighted by molar-refractivity contribution is 0.206. The third-order valence-electron chi connectivity index (χ3n) is 2.86. The molecule has 0 radical (unpaired) electrons. The van der Waals surface area contributed by atoms with E-state index in [1.807, 2.05) is 25.1 Å². The number of hydrogen-bond acceptors (Lipinski definition) is 2. The topological polar surface area (TPSA) is 21.3 Å². The van der Waals surface area contributed by atoms with Gasteiger partial charge in [0.05, 0.1) is 11.1 Å². The smallest absolute Gasteiger partial charge is 0.138 e. The van der Waals surface area contributed by atoms with Crippen molar-refractivity contribution in [2.75, 3.05) is 6.54 Å². The van der Waals surface area contributed by atoms with Crippen molar-refractivity contribution in [3.05, 3.63) is 28.8 Å². The van der Waals surface area contributed by atoms with Crippen LogP contribution in [0.5, 0.6) is 5.75 Å². The highest BCUT2D eigenvalue weighted by Crippen LogP contribution is 2.26. The predicted molar refractivity (Wildman–Crippen MR) is 83.3 cm³/mol. The second-order valence-electron chi connectivity index (χ2n) is 6.18. The molecule has 0 heterocycles. The van der Waals surface area contributed by atoms with Gasteiger partial charge in [-0.05, 0) is 71.7 Å². The van der Waals surface area contributed by atoms with Gasteiger partial charge in [0.25, 0.3) is 0 Å². The maximum atomic E-state index is 6.12. The molecule has 0 saturated carbocycles. The Morgan fingerprint density at radius 2 is 2.00 bits per heavy atom. The summed E-state index contributed by atoms with van der Waals surface area (Å²) in [7, 11) is 0. The van der Waals surface area contributed by atoms with Crippen LogP contribution in [-0.2, 0) is 0 Å². The van der Waals surface area contributed by atoms with Crippen LogP contribution < -0.4 is 10.1 Å². The third kappa shape index (κ3) is 6.84. The molecule has 0 aliphatic carbocycles. The molecule has 0 aliphatic rings. The molecule has 1 unspecified atom stereocenters. The highest BCUT2D eigenvalue weighted by molar-refractivity contribution is 6.32. The molecule has 1 N–H and O–H groups in total. The van der Waals surface area contributed by atoms with E-state index in [-0.39, 0.29) is 11.6 Å². The molecule has 0 bridgehead atoms. The minimum absolute atomic E-state index is 0.182. The summed E-state index contributed by atoms with van der Waals surface area (Å²) in [6.45, 7) is 11.7. The van der Waals surface area contributed by atoms with E-state index < -0.39 is 0 Å². The Kier molecular flexibility index (Phi) is 6.15. The third-order valence-corrected chi connectivity index (χ3v) is 3.17. The molecule has 1 aromatic carbocycles. The van der Waals surface area contributed by atoms with Crippen molar-refractivity contribution in [1.82, 2.24) is 5.32 Å². The summed E-state index contributed by atoms with van der Waals surface area (Å²) in [5.74, 6) is 0.790. The van der Waals surface area contributed by atoms with Crippen molar-refractivity contribution in [3.8, 4) is 5.75 Å². The van der Waals surface area contributed by atoms with Crippen LogP contribution in [0.2, 0.25) is 5.02 Å². The second-order valence-corrected chi connectivity index (χ2v) is 6.59. The van der Waals surface area contributed by atoms with Crippen LogP contribution in [0.15, 0.2) is 18.2 Å². The summed E-state index contributed by atoms with van der Waals surface area (Å²) in [5, 5.41) is 4.17. The van der Waals surface area contributed by atoms with Crippen LogP contribution in [0.25, 0.3) is 0 Å². The zero-order valence-electron chi connectivity index (χ0n) is 12.7. The first-order valence-corrected chi connectivity index (χ1v) is 7.33. The molecule has 2 nitrogen and oxygen atoms in total. The average Bonchev–Trinajstić information content (AvgIpc) is 2.28. The SMILES string of the molecule is Cc1ccc(Cl)c(OC(C)CCCNC(C)(C)C)c1. The molecule has 0 spiro atoms. The van der Waals surface area contributed by atoms with Crippen molar-refractivity contribution >= 4 is 11.6 Å². The average molecular weight is 284 g/mol. The minimum atomic E-state index is 0.182. The Morgan fingerprint density at radius 1 is 1.32 bits per heavy atom. The monoisotopic (exact) mass is 283 g/mol. The molecule has 0 amide bonds. The molecule has 0 fully saturated rings. The van der Waals surface area contributed by atoms with Gasteiger partial charge in [-0.2, -0.15) is 0 Å². The lowest BCUT2D eigenvalue weighted by atomic mass is 10.1. The maximum Gasteiger partial charge on any atom is 0.138 e. The first-order chi connectivity index (χ1) is 8.78. The van der Waals surface area contributed by atoms with E-state index in [0.29, 0.717) is 5.02 Å². The quantitative estimate of drug-likeness (QED) is 0.772. The highest BCUT2D eigenvalue weighted by atomic mass is 35.5. The fourth-order valence-electron chi connectivity index (χ4n) is 1.83. The van der Waals surface area contributed by atoms with Gasteiger partial charge in [0, 0.05) is 5.54 Å². The minimum Gasteiger partial charge on any atom is -0.489 e. The van der Waals surface area contributed by atoms with Crippen molar-refractivity contribution in [2.45, 2.75) is 59.1 Å². The van der Waals surface area contributed by atoms with E-state index in [0.717, 1.165) is 25.1 Å². The fourth-order valence-corrected chi connectivity index (χ4v) is 1.99. The van der Waals surface area contributed by atoms with Crippen LogP contribution in [0.3, 0.4) is 0 Å². The Hall–Kier alpha value is -0.730. The van der Waals surface area contributed by atoms with Gasteiger partial charge in [-0.25, -0.2) is 0 Å². The molecule has 0 saturated heterocycles. The number of ether oxygens (including phenoxy) is 1. The Morgan fingerprint density at radius 3 is 2.63 bits per heavy atom. The lowest BCUT2D eigenvalue weighted by Crippen LogP contribution is -2.36. The summed E-state index contributed by atoms with van der Waals surface area (Å²) in [5.41, 5.74) is 1.35. The van der Waals surface area contributed by atoms with E-state index >= 15 is 0 Å². The van der Waals surface area contributed by atoms with Gasteiger partial charge in [0.15, 0.2) is 0 Å². The summed E-state index contributed by atoms with van der Waals surface area (Å²) >= 11 is 6.12. The van der Waals surface area contributed by atoms with Gasteiger partial charge in [0.1, 0.15) is 5.75 Å². The summed E-state index contributed by atoms with van der Waals surface area (Å²) in [6, 6.07) is 5.87. The van der Waals surface area contributed by atoms with Gasteiger partial charge in [-0.1, -0.05) is 17.7 Å². The Bertz CT molecular complexity index is 398. The molecule has 1 atom stereocenters. The van der Waals surface area contributed by atoms with Gasteiger partial charge < -0.3 is 10.1 Å². The summed E-state index contributed by atoms with van der Waals surface area (Å²) in [4.78, 5) is 0. The zero-order chi connectivity index (χ0) is 14.5. The standard InChI is InChI=1S/C16H26ClNO/c1-12-8-9-14(17)15(11-12)19-13(2)7-6-10-18-16(3,4)5/h8-9,11,13,18H,6-7,10H2,1-5H3. The van der Waals surface area contributed by atoms with Crippen LogP contribution in [0.4, 0.5) is 0 Å². The van der Waals surface area contributed by atoms with Gasteiger partial charge in [0.2, 0.25) is 0 Å². The van der Waals surface area contributed by atoms with Crippen molar-refractivity contribution in [2.24, 2.45) is 0 Å². The van der Waals surface area contributed by atoms with Crippen molar-refractivity contribution < 1.29 is 4.74 Å². The molecule has 1 aromatic rings. The fraction of sp³-hybridized carbons (Fsp3) is 0.625. The highest BCUT2D eigenvalue weighted by Gasteiger charge is 2.10. The molecular formula is C16H26ClNO. The van der Waals surface area contributed by atoms with E-state index in [2.05, 4.69) is 33.0 Å². The normalized spacial score (nSPS) is 13.4. The van der Waals surface area contributed by atoms with Crippen LogP contribution >= 0.6 is 11.6 Å². The summed E-state index contributed by atoms with van der Waals surface area (Å²) in [6.07, 6.45) is 2.30. The van der Waals surface area contributed by atoms with Crippen molar-refractivity contribution in [1.29, 1.82) is 0 Å². The van der Waals surface area contributed by atoms with Gasteiger partial charge >= 0.3 is 0 Å². The van der Waals surface area contributed by atoms with Gasteiger partial charge in [-0.3, -0.25) is 0 Å². The first-order valence-electron chi connectivity index (χ1n) is 6.96. The maximum absolute atomic E-state index is 6.12. The Balaban J connectivity index is 2.35. The number of nitrogens with one attached hydrogen (secondary N) is 1. The molecule has 1 rings (SSSR count). The first kappa shape index (κ1) is 16.3. The number of benzene rings is 1. The van der Waals surface area contributed by atoms with Crippen molar-refractivity contribution in [3.63, 3.8) is 0 Å². The van der Waals surface area contributed by atoms with E-state index in [1.165, 1.54) is 5.56 Å². The number of halogens is 1. The van der Waals surface area contributed by atoms with Crippen LogP contribution in [-0.4, -0.2) is 18.2 Å². The molecule has 0 aliphatic heterocycles. The van der Waals surface area contributed by atoms with E-state index in [1.54, 1.807) is 0 Å². The second kappa shape index (κ2) is 7.16.